The van der Waals surface area contributed by atoms with Crippen molar-refractivity contribution in [3.63, 3.8) is 0 Å². The monoisotopic (exact) mass is 329 g/mol. The zero-order valence-corrected chi connectivity index (χ0v) is 15.6. The van der Waals surface area contributed by atoms with Crippen molar-refractivity contribution >= 4 is 17.1 Å². The van der Waals surface area contributed by atoms with E-state index in [1.54, 1.807) is 11.3 Å². The van der Waals surface area contributed by atoms with Crippen molar-refractivity contribution in [3.8, 4) is 11.3 Å². The lowest BCUT2D eigenvalue weighted by Crippen LogP contribution is -2.02. The molecule has 0 fully saturated rings. The first kappa shape index (κ1) is 17.9. The summed E-state index contributed by atoms with van der Waals surface area (Å²) in [5, 5.41) is 3.03. The maximum atomic E-state index is 12.1. The average molecular weight is 330 g/mol. The maximum absolute atomic E-state index is 12.1. The minimum atomic E-state index is 0.319. The number of Topliss-reactive ketones (excluding diaryl/α,β-unsaturated/α-hetero) is 1. The largest absolute Gasteiger partial charge is 0.299 e. The van der Waals surface area contributed by atoms with Crippen molar-refractivity contribution in [2.45, 2.75) is 66.2 Å². The van der Waals surface area contributed by atoms with E-state index in [0.29, 0.717) is 18.6 Å². The van der Waals surface area contributed by atoms with Crippen LogP contribution in [0.3, 0.4) is 0 Å². The first-order valence-corrected chi connectivity index (χ1v) is 9.43. The molecule has 23 heavy (non-hydrogen) atoms. The number of carbonyl (C=O) groups is 1. The zero-order valence-electron chi connectivity index (χ0n) is 14.7. The summed E-state index contributed by atoms with van der Waals surface area (Å²) in [5.74, 6) is 0.319. The second kappa shape index (κ2) is 8.39. The highest BCUT2D eigenvalue weighted by molar-refractivity contribution is 7.10. The molecule has 124 valence electrons. The number of rotatable bonds is 8. The number of thiazole rings is 1. The molecule has 1 aromatic heterocycles. The van der Waals surface area contributed by atoms with E-state index in [9.17, 15) is 4.79 Å². The van der Waals surface area contributed by atoms with Gasteiger partial charge in [-0.05, 0) is 38.3 Å². The zero-order chi connectivity index (χ0) is 16.8. The van der Waals surface area contributed by atoms with Gasteiger partial charge < -0.3 is 0 Å². The number of ketones is 1. The number of benzene rings is 1. The minimum Gasteiger partial charge on any atom is -0.299 e. The van der Waals surface area contributed by atoms with E-state index in [0.717, 1.165) is 23.5 Å². The van der Waals surface area contributed by atoms with Gasteiger partial charge in [0.2, 0.25) is 0 Å². The average Bonchev–Trinajstić information content (AvgIpc) is 2.90. The third kappa shape index (κ3) is 5.00. The van der Waals surface area contributed by atoms with Crippen molar-refractivity contribution in [1.29, 1.82) is 0 Å². The summed E-state index contributed by atoms with van der Waals surface area (Å²) in [5.41, 5.74) is 6.02. The van der Waals surface area contributed by atoms with E-state index in [1.165, 1.54) is 35.1 Å². The van der Waals surface area contributed by atoms with Gasteiger partial charge in [0.1, 0.15) is 10.8 Å². The number of unbranched alkanes of at least 4 members (excludes halogenated alkanes) is 3. The molecular weight excluding hydrogens is 302 g/mol. The quantitative estimate of drug-likeness (QED) is 0.571. The van der Waals surface area contributed by atoms with Gasteiger partial charge in [-0.25, -0.2) is 4.98 Å². The fraction of sp³-hybridized carbons (Fsp3) is 0.500. The van der Waals surface area contributed by atoms with Gasteiger partial charge in [0.15, 0.2) is 0 Å². The van der Waals surface area contributed by atoms with Crippen LogP contribution in [0.1, 0.15) is 60.7 Å². The van der Waals surface area contributed by atoms with E-state index in [1.807, 2.05) is 0 Å². The van der Waals surface area contributed by atoms with Crippen LogP contribution in [-0.4, -0.2) is 10.8 Å². The van der Waals surface area contributed by atoms with Crippen LogP contribution in [0, 0.1) is 20.8 Å². The molecule has 0 aliphatic rings. The number of hydrogen-bond donors (Lipinski definition) is 0. The molecule has 2 aromatic rings. The van der Waals surface area contributed by atoms with Gasteiger partial charge in [-0.15, -0.1) is 11.3 Å². The highest BCUT2D eigenvalue weighted by atomic mass is 32.1. The Morgan fingerprint density at radius 3 is 2.43 bits per heavy atom. The molecule has 0 saturated heterocycles. The van der Waals surface area contributed by atoms with Crippen molar-refractivity contribution in [2.75, 3.05) is 0 Å². The topological polar surface area (TPSA) is 30.0 Å². The SMILES string of the molecule is CCCCCCC(=O)Cc1nc(-c2c(C)cc(C)cc2C)cs1. The number of nitrogens with zero attached hydrogens (tertiary/aromatic N) is 1. The van der Waals surface area contributed by atoms with Gasteiger partial charge in [-0.1, -0.05) is 43.9 Å². The molecule has 0 atom stereocenters. The summed E-state index contributed by atoms with van der Waals surface area (Å²) < 4.78 is 0. The molecule has 3 heteroatoms. The van der Waals surface area contributed by atoms with Crippen molar-refractivity contribution in [1.82, 2.24) is 4.98 Å². The number of hydrogen-bond acceptors (Lipinski definition) is 3. The Bertz CT molecular complexity index is 649. The summed E-state index contributed by atoms with van der Waals surface area (Å²) in [4.78, 5) is 16.8. The fourth-order valence-corrected chi connectivity index (χ4v) is 3.91. The van der Waals surface area contributed by atoms with Gasteiger partial charge in [-0.3, -0.25) is 4.79 Å². The Balaban J connectivity index is 2.02. The van der Waals surface area contributed by atoms with Crippen LogP contribution >= 0.6 is 11.3 Å². The standard InChI is InChI=1S/C20H27NOS/c1-5-6-7-8-9-17(22)12-19-21-18(13-23-19)20-15(3)10-14(2)11-16(20)4/h10-11,13H,5-9,12H2,1-4H3. The first-order chi connectivity index (χ1) is 11.0. The van der Waals surface area contributed by atoms with Crippen LogP contribution < -0.4 is 0 Å². The first-order valence-electron chi connectivity index (χ1n) is 8.55. The lowest BCUT2D eigenvalue weighted by atomic mass is 9.98. The van der Waals surface area contributed by atoms with Crippen LogP contribution in [0.5, 0.6) is 0 Å². The lowest BCUT2D eigenvalue weighted by molar-refractivity contribution is -0.118. The van der Waals surface area contributed by atoms with Crippen LogP contribution in [-0.2, 0) is 11.2 Å². The van der Waals surface area contributed by atoms with Gasteiger partial charge in [0, 0.05) is 17.4 Å². The van der Waals surface area contributed by atoms with E-state index < -0.39 is 0 Å². The molecule has 1 aromatic carbocycles. The van der Waals surface area contributed by atoms with Crippen molar-refractivity contribution < 1.29 is 4.79 Å². The molecule has 2 nitrogen and oxygen atoms in total. The van der Waals surface area contributed by atoms with E-state index >= 15 is 0 Å². The highest BCUT2D eigenvalue weighted by Crippen LogP contribution is 2.29. The highest BCUT2D eigenvalue weighted by Gasteiger charge is 2.12. The second-order valence-corrected chi connectivity index (χ2v) is 7.37. The molecule has 0 bridgehead atoms. The Labute approximate surface area is 144 Å². The van der Waals surface area contributed by atoms with E-state index in [-0.39, 0.29) is 0 Å². The molecule has 1 heterocycles. The molecule has 0 aliphatic heterocycles. The second-order valence-electron chi connectivity index (χ2n) is 6.43. The summed E-state index contributed by atoms with van der Waals surface area (Å²) in [6, 6.07) is 4.39. The molecule has 0 N–H and O–H groups in total. The van der Waals surface area contributed by atoms with Crippen LogP contribution in [0.25, 0.3) is 11.3 Å². The molecule has 0 unspecified atom stereocenters. The van der Waals surface area contributed by atoms with Crippen molar-refractivity contribution in [2.24, 2.45) is 0 Å². The third-order valence-corrected chi connectivity index (χ3v) is 4.99. The Morgan fingerprint density at radius 2 is 1.78 bits per heavy atom. The van der Waals surface area contributed by atoms with Crippen LogP contribution in [0.2, 0.25) is 0 Å². The number of carbonyl (C=O) groups excluding carboxylic acids is 1. The predicted octanol–water partition coefficient (Wildman–Crippen LogP) is 5.82. The molecule has 0 aliphatic carbocycles. The molecule has 0 radical (unpaired) electrons. The Morgan fingerprint density at radius 1 is 1.09 bits per heavy atom. The van der Waals surface area contributed by atoms with E-state index in [4.69, 9.17) is 4.98 Å². The minimum absolute atomic E-state index is 0.319. The normalized spacial score (nSPS) is 11.0. The maximum Gasteiger partial charge on any atom is 0.139 e. The summed E-state index contributed by atoms with van der Waals surface area (Å²) in [6.07, 6.45) is 5.78. The third-order valence-electron chi connectivity index (χ3n) is 4.14. The molecule has 0 spiro atoms. The number of aromatic nitrogens is 1. The molecule has 0 amide bonds. The van der Waals surface area contributed by atoms with E-state index in [2.05, 4.69) is 45.2 Å². The molecular formula is C20H27NOS. The van der Waals surface area contributed by atoms with Crippen LogP contribution in [0.15, 0.2) is 17.5 Å². The fourth-order valence-electron chi connectivity index (χ4n) is 3.10. The van der Waals surface area contributed by atoms with Gasteiger partial charge >= 0.3 is 0 Å². The van der Waals surface area contributed by atoms with Crippen LogP contribution in [0.4, 0.5) is 0 Å². The van der Waals surface area contributed by atoms with Gasteiger partial charge in [0.25, 0.3) is 0 Å². The lowest BCUT2D eigenvalue weighted by Gasteiger charge is -2.08. The summed E-state index contributed by atoms with van der Waals surface area (Å²) in [6.45, 7) is 8.57. The van der Waals surface area contributed by atoms with Gasteiger partial charge in [0.05, 0.1) is 12.1 Å². The molecule has 0 saturated carbocycles. The smallest absolute Gasteiger partial charge is 0.139 e. The van der Waals surface area contributed by atoms with Gasteiger partial charge in [-0.2, -0.15) is 0 Å². The summed E-state index contributed by atoms with van der Waals surface area (Å²) in [7, 11) is 0. The molecule has 2 rings (SSSR count). The Kier molecular flexibility index (Phi) is 6.52. The van der Waals surface area contributed by atoms with Crippen molar-refractivity contribution in [3.05, 3.63) is 39.2 Å². The summed E-state index contributed by atoms with van der Waals surface area (Å²) >= 11 is 1.61. The predicted molar refractivity (Wildman–Crippen MR) is 99.2 cm³/mol. The Hall–Kier alpha value is -1.48. The number of aryl methyl sites for hydroxylation is 3.